The fraction of sp³-hybridized carbons (Fsp3) is 0.267. The summed E-state index contributed by atoms with van der Waals surface area (Å²) < 4.78 is 37.1. The van der Waals surface area contributed by atoms with Crippen molar-refractivity contribution >= 4 is 28.4 Å². The summed E-state index contributed by atoms with van der Waals surface area (Å²) in [4.78, 5) is 25.2. The molecule has 0 aliphatic carbocycles. The molecule has 0 saturated carbocycles. The number of methoxy groups -OCH3 is 2. The molecule has 3 N–H and O–H groups in total. The predicted molar refractivity (Wildman–Crippen MR) is 156 cm³/mol. The highest BCUT2D eigenvalue weighted by atomic mass is 19.1. The number of H-pyrrole nitrogens is 1. The van der Waals surface area contributed by atoms with Gasteiger partial charge >= 0.3 is 6.03 Å². The Hall–Kier alpha value is -5.13. The van der Waals surface area contributed by atoms with Crippen LogP contribution in [0.2, 0.25) is 0 Å². The number of rotatable bonds is 7. The standard InChI is InChI=1S/C30H31FN6O5/c1-15-25(16(2)42-37-15)26-27(35-28(34-26)30(3,4)5)36-29(38)33-17-8-9-22(19(31)12-17)41-21-10-11-32-20-14-24(40-7)23(39-6)13-18(20)21/h8-14H,1-7H3,(H,34,35)(H2,33,36,38). The number of halogens is 1. The van der Waals surface area contributed by atoms with Crippen LogP contribution >= 0.6 is 0 Å². The van der Waals surface area contributed by atoms with Crippen LogP contribution in [0.1, 0.15) is 38.0 Å². The first-order valence-electron chi connectivity index (χ1n) is 13.1. The number of nitrogens with one attached hydrogen (secondary N) is 3. The Morgan fingerprint density at radius 3 is 2.36 bits per heavy atom. The highest BCUT2D eigenvalue weighted by Gasteiger charge is 2.26. The molecule has 0 aliphatic heterocycles. The Balaban J connectivity index is 1.36. The van der Waals surface area contributed by atoms with Crippen molar-refractivity contribution in [3.05, 3.63) is 65.7 Å². The van der Waals surface area contributed by atoms with Gasteiger partial charge in [-0.05, 0) is 38.1 Å². The van der Waals surface area contributed by atoms with Gasteiger partial charge in [0.1, 0.15) is 28.8 Å². The number of aromatic amines is 1. The van der Waals surface area contributed by atoms with Crippen molar-refractivity contribution in [3.8, 4) is 34.3 Å². The Labute approximate surface area is 241 Å². The zero-order valence-corrected chi connectivity index (χ0v) is 24.3. The van der Waals surface area contributed by atoms with E-state index in [2.05, 4.69) is 25.8 Å². The van der Waals surface area contributed by atoms with Crippen LogP contribution in [0.4, 0.5) is 20.7 Å². The van der Waals surface area contributed by atoms with Crippen LogP contribution < -0.4 is 24.8 Å². The largest absolute Gasteiger partial charge is 0.493 e. The molecule has 12 heteroatoms. The van der Waals surface area contributed by atoms with Gasteiger partial charge in [-0.25, -0.2) is 14.2 Å². The van der Waals surface area contributed by atoms with Gasteiger partial charge in [-0.2, -0.15) is 0 Å². The van der Waals surface area contributed by atoms with E-state index in [1.54, 1.807) is 38.2 Å². The van der Waals surface area contributed by atoms with Gasteiger partial charge in [-0.15, -0.1) is 0 Å². The molecule has 0 aliphatic rings. The molecule has 42 heavy (non-hydrogen) atoms. The van der Waals surface area contributed by atoms with E-state index < -0.39 is 11.8 Å². The third-order valence-electron chi connectivity index (χ3n) is 6.54. The lowest BCUT2D eigenvalue weighted by molar-refractivity contribution is 0.262. The summed E-state index contributed by atoms with van der Waals surface area (Å²) in [6.07, 6.45) is 1.55. The van der Waals surface area contributed by atoms with Crippen molar-refractivity contribution in [3.63, 3.8) is 0 Å². The van der Waals surface area contributed by atoms with Crippen LogP contribution in [-0.2, 0) is 5.41 Å². The maximum atomic E-state index is 15.2. The molecular formula is C30H31FN6O5. The van der Waals surface area contributed by atoms with Crippen molar-refractivity contribution < 1.29 is 27.9 Å². The molecule has 0 atom stereocenters. The molecule has 0 saturated heterocycles. The molecule has 0 fully saturated rings. The maximum Gasteiger partial charge on any atom is 0.324 e. The minimum absolute atomic E-state index is 0.0349. The van der Waals surface area contributed by atoms with Crippen LogP contribution in [0.15, 0.2) is 47.1 Å². The Kier molecular flexibility index (Phi) is 7.46. The summed E-state index contributed by atoms with van der Waals surface area (Å²) in [5, 5.41) is 10.1. The Morgan fingerprint density at radius 1 is 0.976 bits per heavy atom. The number of carbonyl (C=O) groups excluding carboxylic acids is 1. The van der Waals surface area contributed by atoms with Crippen molar-refractivity contribution in [2.24, 2.45) is 0 Å². The third-order valence-corrected chi connectivity index (χ3v) is 6.54. The molecule has 2 aromatic carbocycles. The van der Waals surface area contributed by atoms with Gasteiger partial charge in [0.15, 0.2) is 23.1 Å². The molecule has 0 spiro atoms. The number of hydrogen-bond acceptors (Lipinski definition) is 8. The summed E-state index contributed by atoms with van der Waals surface area (Å²) in [7, 11) is 3.06. The first-order valence-corrected chi connectivity index (χ1v) is 13.1. The molecule has 0 bridgehead atoms. The summed E-state index contributed by atoms with van der Waals surface area (Å²) in [6.45, 7) is 9.58. The molecule has 0 radical (unpaired) electrons. The van der Waals surface area contributed by atoms with Gasteiger partial charge in [0.2, 0.25) is 0 Å². The minimum Gasteiger partial charge on any atom is -0.493 e. The Morgan fingerprint density at radius 2 is 1.71 bits per heavy atom. The summed E-state index contributed by atoms with van der Waals surface area (Å²) in [5.41, 5.74) is 2.31. The number of carbonyl (C=O) groups is 1. The third kappa shape index (κ3) is 5.55. The normalized spacial score (nSPS) is 11.4. The van der Waals surface area contributed by atoms with Gasteiger partial charge in [0.05, 0.1) is 31.0 Å². The van der Waals surface area contributed by atoms with Crippen molar-refractivity contribution in [1.29, 1.82) is 0 Å². The average molecular weight is 575 g/mol. The zero-order chi connectivity index (χ0) is 30.2. The van der Waals surface area contributed by atoms with Gasteiger partial charge in [-0.1, -0.05) is 25.9 Å². The molecule has 11 nitrogen and oxygen atoms in total. The predicted octanol–water partition coefficient (Wildman–Crippen LogP) is 7.12. The van der Waals surface area contributed by atoms with Crippen molar-refractivity contribution in [2.75, 3.05) is 24.9 Å². The van der Waals surface area contributed by atoms with Crippen molar-refractivity contribution in [2.45, 2.75) is 40.0 Å². The fourth-order valence-electron chi connectivity index (χ4n) is 4.41. The number of benzene rings is 2. The van der Waals surface area contributed by atoms with Gasteiger partial charge in [0, 0.05) is 34.8 Å². The first-order chi connectivity index (χ1) is 20.0. The maximum absolute atomic E-state index is 15.2. The number of imidazole rings is 1. The smallest absolute Gasteiger partial charge is 0.324 e. The van der Waals surface area contributed by atoms with Gasteiger partial charge in [0.25, 0.3) is 0 Å². The van der Waals surface area contributed by atoms with E-state index in [0.717, 1.165) is 0 Å². The number of aryl methyl sites for hydroxylation is 2. The van der Waals surface area contributed by atoms with Crippen LogP contribution in [0.5, 0.6) is 23.0 Å². The van der Waals surface area contributed by atoms with E-state index in [1.807, 2.05) is 20.8 Å². The number of amides is 2. The highest BCUT2D eigenvalue weighted by Crippen LogP contribution is 2.38. The second kappa shape index (κ2) is 11.0. The molecular weight excluding hydrogens is 543 g/mol. The van der Waals surface area contributed by atoms with Crippen LogP contribution in [-0.4, -0.2) is 40.4 Å². The molecule has 0 unspecified atom stereocenters. The van der Waals surface area contributed by atoms with E-state index in [4.69, 9.17) is 23.7 Å². The van der Waals surface area contributed by atoms with E-state index in [-0.39, 0.29) is 16.9 Å². The number of urea groups is 1. The van der Waals surface area contributed by atoms with E-state index in [1.165, 1.54) is 32.4 Å². The summed E-state index contributed by atoms with van der Waals surface area (Å²) >= 11 is 0. The van der Waals surface area contributed by atoms with Crippen LogP contribution in [0.25, 0.3) is 22.2 Å². The molecule has 218 valence electrons. The second-order valence-electron chi connectivity index (χ2n) is 10.6. The first kappa shape index (κ1) is 28.4. The lowest BCUT2D eigenvalue weighted by atomic mass is 9.96. The number of hydrogen-bond donors (Lipinski definition) is 3. The zero-order valence-electron chi connectivity index (χ0n) is 24.3. The monoisotopic (exact) mass is 574 g/mol. The molecule has 5 aromatic rings. The number of fused-ring (bicyclic) bond motifs is 1. The molecule has 5 rings (SSSR count). The van der Waals surface area contributed by atoms with E-state index in [0.29, 0.717) is 62.5 Å². The molecule has 3 heterocycles. The lowest BCUT2D eigenvalue weighted by Gasteiger charge is -2.14. The lowest BCUT2D eigenvalue weighted by Crippen LogP contribution is -2.20. The van der Waals surface area contributed by atoms with E-state index >= 15 is 4.39 Å². The number of ether oxygens (including phenoxy) is 3. The molecule has 3 aromatic heterocycles. The quantitative estimate of drug-likeness (QED) is 0.187. The number of aromatic nitrogens is 4. The molecule has 2 amide bonds. The minimum atomic E-state index is -0.675. The average Bonchev–Trinajstić information content (AvgIpc) is 3.51. The second-order valence-corrected chi connectivity index (χ2v) is 10.6. The van der Waals surface area contributed by atoms with Gasteiger partial charge in [-0.3, -0.25) is 10.3 Å². The number of pyridine rings is 1. The highest BCUT2D eigenvalue weighted by molar-refractivity contribution is 6.01. The van der Waals surface area contributed by atoms with Crippen LogP contribution in [0, 0.1) is 19.7 Å². The SMILES string of the molecule is COc1cc2nccc(Oc3ccc(NC(=O)Nc4[nH]c(C(C)(C)C)nc4-c4c(C)noc4C)cc3F)c2cc1OC. The number of anilines is 2. The topological polar surface area (TPSA) is 136 Å². The van der Waals surface area contributed by atoms with Crippen LogP contribution in [0.3, 0.4) is 0 Å². The fourth-order valence-corrected chi connectivity index (χ4v) is 4.41. The number of nitrogens with zero attached hydrogens (tertiary/aromatic N) is 3. The Bertz CT molecular complexity index is 1770. The van der Waals surface area contributed by atoms with Crippen molar-refractivity contribution in [1.82, 2.24) is 20.1 Å². The van der Waals surface area contributed by atoms with Gasteiger partial charge < -0.3 is 29.0 Å². The summed E-state index contributed by atoms with van der Waals surface area (Å²) in [6, 6.07) is 8.59. The van der Waals surface area contributed by atoms with E-state index in [9.17, 15) is 4.79 Å². The summed E-state index contributed by atoms with van der Waals surface area (Å²) in [5.74, 6) is 2.26.